The number of benzene rings is 1. The Morgan fingerprint density at radius 3 is 3.13 bits per heavy atom. The summed E-state index contributed by atoms with van der Waals surface area (Å²) in [6, 6.07) is 7.52. The molecule has 0 amide bonds. The molecule has 1 aliphatic rings. The van der Waals surface area contributed by atoms with Crippen LogP contribution < -0.4 is 4.74 Å². The number of ether oxygens (including phenoxy) is 1. The third-order valence-electron chi connectivity index (χ3n) is 2.25. The number of rotatable bonds is 3. The molecule has 78 valence electrons. The molecule has 2 rings (SSSR count). The van der Waals surface area contributed by atoms with E-state index in [0.29, 0.717) is 6.42 Å². The maximum Gasteiger partial charge on any atom is 0.187 e. The molecule has 0 saturated heterocycles. The maximum absolute atomic E-state index is 10.5. The average Bonchev–Trinajstić information content (AvgIpc) is 2.78. The SMILES string of the molecule is COc1cccc(C2=NOC(C=O)C2)c1. The van der Waals surface area contributed by atoms with Gasteiger partial charge in [-0.3, -0.25) is 4.79 Å². The predicted octanol–water partition coefficient (Wildman–Crippen LogP) is 1.39. The molecule has 0 N–H and O–H groups in total. The van der Waals surface area contributed by atoms with Crippen molar-refractivity contribution >= 4 is 12.0 Å². The van der Waals surface area contributed by atoms with E-state index in [1.807, 2.05) is 24.3 Å². The zero-order chi connectivity index (χ0) is 10.7. The molecule has 1 atom stereocenters. The lowest BCUT2D eigenvalue weighted by Gasteiger charge is -2.02. The Labute approximate surface area is 87.5 Å². The normalized spacial score (nSPS) is 19.3. The molecule has 1 aromatic rings. The molecule has 1 unspecified atom stereocenters. The van der Waals surface area contributed by atoms with Crippen molar-refractivity contribution in [2.45, 2.75) is 12.5 Å². The van der Waals surface area contributed by atoms with E-state index in [4.69, 9.17) is 9.57 Å². The number of carbonyl (C=O) groups excluding carboxylic acids is 1. The van der Waals surface area contributed by atoms with E-state index in [9.17, 15) is 4.79 Å². The summed E-state index contributed by atoms with van der Waals surface area (Å²) < 4.78 is 5.10. The molecule has 15 heavy (non-hydrogen) atoms. The molecule has 0 aromatic heterocycles. The third kappa shape index (κ3) is 1.98. The maximum atomic E-state index is 10.5. The van der Waals surface area contributed by atoms with Crippen molar-refractivity contribution in [3.05, 3.63) is 29.8 Å². The Morgan fingerprint density at radius 1 is 1.60 bits per heavy atom. The topological polar surface area (TPSA) is 47.9 Å². The highest BCUT2D eigenvalue weighted by molar-refractivity contribution is 6.02. The molecule has 1 aliphatic heterocycles. The highest BCUT2D eigenvalue weighted by atomic mass is 16.6. The lowest BCUT2D eigenvalue weighted by molar-refractivity contribution is -0.116. The fourth-order valence-corrected chi connectivity index (χ4v) is 1.44. The lowest BCUT2D eigenvalue weighted by Crippen LogP contribution is -2.09. The quantitative estimate of drug-likeness (QED) is 0.700. The van der Waals surface area contributed by atoms with Gasteiger partial charge in [-0.1, -0.05) is 17.3 Å². The van der Waals surface area contributed by atoms with Gasteiger partial charge in [0.25, 0.3) is 0 Å². The van der Waals surface area contributed by atoms with Gasteiger partial charge in [0.15, 0.2) is 12.4 Å². The minimum Gasteiger partial charge on any atom is -0.497 e. The highest BCUT2D eigenvalue weighted by Gasteiger charge is 2.21. The average molecular weight is 205 g/mol. The molecule has 1 aromatic carbocycles. The molecule has 1 heterocycles. The van der Waals surface area contributed by atoms with Crippen LogP contribution in [0.2, 0.25) is 0 Å². The largest absolute Gasteiger partial charge is 0.497 e. The van der Waals surface area contributed by atoms with Crippen molar-refractivity contribution in [2.75, 3.05) is 7.11 Å². The molecular formula is C11H11NO3. The Bertz CT molecular complexity index is 401. The summed E-state index contributed by atoms with van der Waals surface area (Å²) in [6.07, 6.45) is 0.846. The van der Waals surface area contributed by atoms with Crippen molar-refractivity contribution in [3.8, 4) is 5.75 Å². The smallest absolute Gasteiger partial charge is 0.187 e. The van der Waals surface area contributed by atoms with Crippen LogP contribution in [0.3, 0.4) is 0 Å². The number of aldehydes is 1. The molecule has 0 saturated carbocycles. The van der Waals surface area contributed by atoms with Crippen molar-refractivity contribution < 1.29 is 14.4 Å². The fraction of sp³-hybridized carbons (Fsp3) is 0.273. The molecule has 0 fully saturated rings. The highest BCUT2D eigenvalue weighted by Crippen LogP contribution is 2.19. The Hall–Kier alpha value is -1.84. The molecule has 0 aliphatic carbocycles. The van der Waals surface area contributed by atoms with Gasteiger partial charge in [0.05, 0.1) is 12.8 Å². The second-order valence-electron chi connectivity index (χ2n) is 3.25. The zero-order valence-electron chi connectivity index (χ0n) is 8.34. The molecule has 4 heteroatoms. The minimum atomic E-state index is -0.439. The van der Waals surface area contributed by atoms with E-state index >= 15 is 0 Å². The first-order valence-corrected chi connectivity index (χ1v) is 4.66. The second-order valence-corrected chi connectivity index (χ2v) is 3.25. The van der Waals surface area contributed by atoms with Crippen LogP contribution in [0.4, 0.5) is 0 Å². The van der Waals surface area contributed by atoms with E-state index in [-0.39, 0.29) is 0 Å². The van der Waals surface area contributed by atoms with Gasteiger partial charge in [0.2, 0.25) is 0 Å². The summed E-state index contributed by atoms with van der Waals surface area (Å²) in [7, 11) is 1.61. The first-order chi connectivity index (χ1) is 7.33. The Morgan fingerprint density at radius 2 is 2.47 bits per heavy atom. The van der Waals surface area contributed by atoms with Crippen molar-refractivity contribution in [3.63, 3.8) is 0 Å². The van der Waals surface area contributed by atoms with Crippen LogP contribution in [0.5, 0.6) is 5.75 Å². The van der Waals surface area contributed by atoms with Gasteiger partial charge < -0.3 is 9.57 Å². The van der Waals surface area contributed by atoms with Gasteiger partial charge in [-0.2, -0.15) is 0 Å². The van der Waals surface area contributed by atoms with Crippen LogP contribution in [-0.2, 0) is 9.63 Å². The second kappa shape index (κ2) is 4.13. The van der Waals surface area contributed by atoms with Crippen LogP contribution >= 0.6 is 0 Å². The van der Waals surface area contributed by atoms with E-state index in [0.717, 1.165) is 23.3 Å². The monoisotopic (exact) mass is 205 g/mol. The molecular weight excluding hydrogens is 194 g/mol. The lowest BCUT2D eigenvalue weighted by atomic mass is 10.1. The number of carbonyl (C=O) groups is 1. The van der Waals surface area contributed by atoms with E-state index < -0.39 is 6.10 Å². The number of nitrogens with zero attached hydrogens (tertiary/aromatic N) is 1. The van der Waals surface area contributed by atoms with Gasteiger partial charge in [-0.15, -0.1) is 0 Å². The summed E-state index contributed by atoms with van der Waals surface area (Å²) in [5.41, 5.74) is 1.71. The number of oxime groups is 1. The Kier molecular flexibility index (Phi) is 2.67. The van der Waals surface area contributed by atoms with Gasteiger partial charge in [0.1, 0.15) is 5.75 Å². The van der Waals surface area contributed by atoms with Gasteiger partial charge in [-0.25, -0.2) is 0 Å². The summed E-state index contributed by atoms with van der Waals surface area (Å²) in [6.45, 7) is 0. The number of hydrogen-bond acceptors (Lipinski definition) is 4. The predicted molar refractivity (Wildman–Crippen MR) is 55.1 cm³/mol. The van der Waals surface area contributed by atoms with E-state index in [2.05, 4.69) is 5.16 Å². The van der Waals surface area contributed by atoms with Gasteiger partial charge in [0, 0.05) is 12.0 Å². The molecule has 0 spiro atoms. The standard InChI is InChI=1S/C11H11NO3/c1-14-9-4-2-3-8(5-9)11-6-10(7-13)15-12-11/h2-5,7,10H,6H2,1H3. The molecule has 0 radical (unpaired) electrons. The summed E-state index contributed by atoms with van der Waals surface area (Å²) in [5.74, 6) is 0.768. The van der Waals surface area contributed by atoms with E-state index in [1.54, 1.807) is 7.11 Å². The van der Waals surface area contributed by atoms with Gasteiger partial charge in [-0.05, 0) is 12.1 Å². The first kappa shape index (κ1) is 9.71. The summed E-state index contributed by atoms with van der Waals surface area (Å²) in [4.78, 5) is 15.4. The first-order valence-electron chi connectivity index (χ1n) is 4.66. The van der Waals surface area contributed by atoms with Crippen molar-refractivity contribution in [1.29, 1.82) is 0 Å². The van der Waals surface area contributed by atoms with Crippen LogP contribution in [-0.4, -0.2) is 25.2 Å². The van der Waals surface area contributed by atoms with Crippen LogP contribution in [0, 0.1) is 0 Å². The Balaban J connectivity index is 2.20. The fourth-order valence-electron chi connectivity index (χ4n) is 1.44. The van der Waals surface area contributed by atoms with Crippen LogP contribution in [0.1, 0.15) is 12.0 Å². The van der Waals surface area contributed by atoms with Crippen LogP contribution in [0.25, 0.3) is 0 Å². The third-order valence-corrected chi connectivity index (χ3v) is 2.25. The molecule has 0 bridgehead atoms. The number of hydrogen-bond donors (Lipinski definition) is 0. The van der Waals surface area contributed by atoms with Crippen LogP contribution in [0.15, 0.2) is 29.4 Å². The summed E-state index contributed by atoms with van der Waals surface area (Å²) >= 11 is 0. The zero-order valence-corrected chi connectivity index (χ0v) is 8.34. The minimum absolute atomic E-state index is 0.439. The van der Waals surface area contributed by atoms with Crippen molar-refractivity contribution in [1.82, 2.24) is 0 Å². The summed E-state index contributed by atoms with van der Waals surface area (Å²) in [5, 5.41) is 3.86. The number of methoxy groups -OCH3 is 1. The van der Waals surface area contributed by atoms with Crippen molar-refractivity contribution in [2.24, 2.45) is 5.16 Å². The van der Waals surface area contributed by atoms with E-state index in [1.165, 1.54) is 0 Å². The molecule has 4 nitrogen and oxygen atoms in total. The van der Waals surface area contributed by atoms with Gasteiger partial charge >= 0.3 is 0 Å².